The van der Waals surface area contributed by atoms with Crippen LogP contribution in [0.15, 0.2) is 59.8 Å². The third-order valence-electron chi connectivity index (χ3n) is 4.64. The van der Waals surface area contributed by atoms with E-state index < -0.39 is 0 Å². The summed E-state index contributed by atoms with van der Waals surface area (Å²) in [6.07, 6.45) is 11.5. The van der Waals surface area contributed by atoms with E-state index in [-0.39, 0.29) is 29.1 Å². The summed E-state index contributed by atoms with van der Waals surface area (Å²) >= 11 is 3.45. The van der Waals surface area contributed by atoms with E-state index in [9.17, 15) is 0 Å². The maximum atomic E-state index is 4.63. The second-order valence-corrected chi connectivity index (χ2v) is 7.06. The number of benzene rings is 1. The number of halogens is 2. The summed E-state index contributed by atoms with van der Waals surface area (Å²) in [6.45, 7) is 4.52. The number of hydrogen-bond donors (Lipinski definition) is 0. The van der Waals surface area contributed by atoms with Gasteiger partial charge in [-0.15, -0.1) is 0 Å². The summed E-state index contributed by atoms with van der Waals surface area (Å²) in [5.41, 5.74) is 5.29. The van der Waals surface area contributed by atoms with Gasteiger partial charge in [0, 0.05) is 0 Å². The SMILES string of the molecule is CCCCCC1=C(C)[C]([Cr+2])(c2cccc3cccnc23)C=C1.[Cl-].[Cl-]. The molecule has 0 fully saturated rings. The van der Waals surface area contributed by atoms with Gasteiger partial charge in [0.15, 0.2) is 0 Å². The summed E-state index contributed by atoms with van der Waals surface area (Å²) in [5, 5.41) is 1.20. The molecule has 0 amide bonds. The molecule has 0 N–H and O–H groups in total. The van der Waals surface area contributed by atoms with Crippen LogP contribution in [0.5, 0.6) is 0 Å². The molecular formula is C20H22Cl2CrN. The van der Waals surface area contributed by atoms with Crippen LogP contribution in [-0.4, -0.2) is 4.98 Å². The molecule has 3 rings (SSSR count). The topological polar surface area (TPSA) is 12.9 Å². The Kier molecular flexibility index (Phi) is 8.03. The Hall–Kier alpha value is -0.778. The molecule has 0 bridgehead atoms. The van der Waals surface area contributed by atoms with Gasteiger partial charge in [-0.3, -0.25) is 0 Å². The molecule has 1 aliphatic carbocycles. The van der Waals surface area contributed by atoms with Crippen molar-refractivity contribution in [3.05, 3.63) is 65.4 Å². The van der Waals surface area contributed by atoms with Crippen LogP contribution >= 0.6 is 0 Å². The summed E-state index contributed by atoms with van der Waals surface area (Å²) < 4.78 is -0.143. The number of pyridine rings is 1. The minimum Gasteiger partial charge on any atom is -1.00 e. The van der Waals surface area contributed by atoms with E-state index >= 15 is 0 Å². The average molecular weight is 399 g/mol. The number of nitrogens with zero attached hydrogens (tertiary/aromatic N) is 1. The zero-order chi connectivity index (χ0) is 15.6. The van der Waals surface area contributed by atoms with Crippen LogP contribution in [0.4, 0.5) is 0 Å². The van der Waals surface area contributed by atoms with E-state index in [2.05, 4.69) is 71.5 Å². The predicted octanol–water partition coefficient (Wildman–Crippen LogP) is -0.548. The molecule has 0 saturated heterocycles. The number of aromatic nitrogens is 1. The Labute approximate surface area is 165 Å². The fourth-order valence-electron chi connectivity index (χ4n) is 3.24. The quantitative estimate of drug-likeness (QED) is 0.616. The first-order valence-electron chi connectivity index (χ1n) is 8.11. The average Bonchev–Trinajstić information content (AvgIpc) is 2.84. The summed E-state index contributed by atoms with van der Waals surface area (Å²) in [6, 6.07) is 10.6. The van der Waals surface area contributed by atoms with Crippen LogP contribution in [-0.2, 0) is 20.6 Å². The largest absolute Gasteiger partial charge is 1.00 e. The number of hydrogen-bond acceptors (Lipinski definition) is 1. The van der Waals surface area contributed by atoms with Gasteiger partial charge in [0.25, 0.3) is 0 Å². The molecule has 2 aromatic rings. The normalized spacial score (nSPS) is 19.2. The minimum atomic E-state index is -0.143. The molecule has 0 aliphatic heterocycles. The van der Waals surface area contributed by atoms with Crippen LogP contribution in [0, 0.1) is 0 Å². The van der Waals surface area contributed by atoms with Crippen LogP contribution in [0.1, 0.15) is 45.1 Å². The first-order valence-corrected chi connectivity index (χ1v) is 8.74. The number of para-hydroxylation sites is 1. The van der Waals surface area contributed by atoms with Crippen LogP contribution in [0.25, 0.3) is 10.9 Å². The summed E-state index contributed by atoms with van der Waals surface area (Å²) in [4.78, 5) is 4.63. The van der Waals surface area contributed by atoms with Crippen LogP contribution < -0.4 is 24.8 Å². The molecule has 1 aromatic carbocycles. The fraction of sp³-hybridized carbons (Fsp3) is 0.350. The smallest absolute Gasteiger partial charge is 1.00 e. The van der Waals surface area contributed by atoms with Crippen molar-refractivity contribution < 1.29 is 41.1 Å². The van der Waals surface area contributed by atoms with Crippen LogP contribution in [0.3, 0.4) is 0 Å². The van der Waals surface area contributed by atoms with Crippen molar-refractivity contribution in [2.75, 3.05) is 0 Å². The first-order chi connectivity index (χ1) is 10.7. The van der Waals surface area contributed by atoms with Crippen molar-refractivity contribution in [3.63, 3.8) is 0 Å². The predicted molar refractivity (Wildman–Crippen MR) is 89.4 cm³/mol. The Morgan fingerprint density at radius 3 is 2.58 bits per heavy atom. The molecule has 1 aromatic heterocycles. The zero-order valence-electron chi connectivity index (χ0n) is 14.1. The van der Waals surface area contributed by atoms with Gasteiger partial charge in [-0.1, -0.05) is 0 Å². The molecule has 1 heterocycles. The number of rotatable bonds is 5. The van der Waals surface area contributed by atoms with Crippen molar-refractivity contribution in [2.45, 2.75) is 43.8 Å². The fourth-order valence-corrected chi connectivity index (χ4v) is 3.81. The molecular weight excluding hydrogens is 377 g/mol. The second-order valence-electron chi connectivity index (χ2n) is 6.06. The van der Waals surface area contributed by atoms with Gasteiger partial charge in [-0.2, -0.15) is 0 Å². The van der Waals surface area contributed by atoms with Crippen molar-refractivity contribution in [1.82, 2.24) is 4.98 Å². The maximum absolute atomic E-state index is 4.63. The number of allylic oxidation sites excluding steroid dienone is 4. The summed E-state index contributed by atoms with van der Waals surface area (Å²) in [5.74, 6) is 0. The van der Waals surface area contributed by atoms with Gasteiger partial charge in [0.2, 0.25) is 0 Å². The van der Waals surface area contributed by atoms with Gasteiger partial charge >= 0.3 is 141 Å². The van der Waals surface area contributed by atoms with Gasteiger partial charge in [-0.05, 0) is 0 Å². The molecule has 1 unspecified atom stereocenters. The minimum absolute atomic E-state index is 0. The van der Waals surface area contributed by atoms with E-state index in [4.69, 9.17) is 0 Å². The molecule has 24 heavy (non-hydrogen) atoms. The van der Waals surface area contributed by atoms with E-state index in [0.29, 0.717) is 0 Å². The van der Waals surface area contributed by atoms with Crippen molar-refractivity contribution in [1.29, 1.82) is 0 Å². The van der Waals surface area contributed by atoms with Crippen molar-refractivity contribution in [3.8, 4) is 0 Å². The Morgan fingerprint density at radius 2 is 1.83 bits per heavy atom. The molecule has 127 valence electrons. The van der Waals surface area contributed by atoms with Crippen LogP contribution in [0.2, 0.25) is 0 Å². The van der Waals surface area contributed by atoms with Gasteiger partial charge in [-0.25, -0.2) is 0 Å². The van der Waals surface area contributed by atoms with E-state index in [0.717, 1.165) is 5.52 Å². The standard InChI is InChI=1S/C20H22N.2ClH.Cr/c1-3-4-5-8-16-12-13-18(15(16)2)19-11-6-9-17-10-7-14-21-20(17)19;;;/h6-7,9-14H,3-5,8H2,1-2H3;2*1H;/q;;;+2/p-2. The summed E-state index contributed by atoms with van der Waals surface area (Å²) in [7, 11) is 0. The third kappa shape index (κ3) is 3.89. The van der Waals surface area contributed by atoms with Gasteiger partial charge < -0.3 is 24.8 Å². The zero-order valence-corrected chi connectivity index (χ0v) is 16.8. The Balaban J connectivity index is 0.00000144. The van der Waals surface area contributed by atoms with Gasteiger partial charge in [0.05, 0.1) is 0 Å². The molecule has 1 atom stereocenters. The number of fused-ring (bicyclic) bond motifs is 1. The second kappa shape index (κ2) is 9.07. The molecule has 0 saturated carbocycles. The molecule has 1 nitrogen and oxygen atoms in total. The maximum Gasteiger partial charge on any atom is -1.00 e. The molecule has 1 aliphatic rings. The van der Waals surface area contributed by atoms with E-state index in [1.807, 2.05) is 12.3 Å². The molecule has 0 spiro atoms. The van der Waals surface area contributed by atoms with Crippen molar-refractivity contribution >= 4 is 10.9 Å². The van der Waals surface area contributed by atoms with E-state index in [1.165, 1.54) is 47.8 Å². The Bertz CT molecular complexity index is 749. The Morgan fingerprint density at radius 1 is 1.08 bits per heavy atom. The number of unbranched alkanes of at least 4 members (excludes halogenated alkanes) is 2. The first kappa shape index (κ1) is 21.3. The molecule has 4 heteroatoms. The molecule has 0 radical (unpaired) electrons. The third-order valence-corrected chi connectivity index (χ3v) is 5.67. The monoisotopic (exact) mass is 398 g/mol. The van der Waals surface area contributed by atoms with Gasteiger partial charge in [0.1, 0.15) is 0 Å². The van der Waals surface area contributed by atoms with E-state index in [1.54, 1.807) is 0 Å². The van der Waals surface area contributed by atoms with Crippen molar-refractivity contribution in [2.24, 2.45) is 0 Å².